The van der Waals surface area contributed by atoms with Gasteiger partial charge in [-0.15, -0.1) is 9.05 Å². The maximum Gasteiger partial charge on any atom is 0.697 e. The molecule has 6 heteroatoms. The van der Waals surface area contributed by atoms with Crippen molar-refractivity contribution in [2.24, 2.45) is 0 Å². The molecule has 0 radical (unpaired) electrons. The topological polar surface area (TPSA) is 35.5 Å². The molecule has 0 spiro atoms. The second-order valence-corrected chi connectivity index (χ2v) is 18.7. The van der Waals surface area contributed by atoms with Gasteiger partial charge in [-0.05, 0) is 12.1 Å². The molecule has 0 aromatic heterocycles. The lowest BCUT2D eigenvalue weighted by Crippen LogP contribution is -2.21. The summed E-state index contributed by atoms with van der Waals surface area (Å²) in [6.07, 6.45) is 0. The third-order valence-electron chi connectivity index (χ3n) is 2.10. The molecule has 0 fully saturated rings. The summed E-state index contributed by atoms with van der Waals surface area (Å²) in [6, 6.07) is 2.07. The molecule has 0 unspecified atom stereocenters. The minimum Gasteiger partial charge on any atom is -0.119 e. The first-order chi connectivity index (χ1) is 7.10. The Morgan fingerprint density at radius 3 is 1.38 bits per heavy atom. The highest BCUT2D eigenvalue weighted by Crippen LogP contribution is 2.26. The summed E-state index contributed by atoms with van der Waals surface area (Å²) in [6.45, 7) is 14.8. The minimum absolute atomic E-state index is 0.567. The lowest BCUT2D eigenvalue weighted by molar-refractivity contribution is 0.242. The van der Waals surface area contributed by atoms with Crippen molar-refractivity contribution < 1.29 is 13.6 Å². The van der Waals surface area contributed by atoms with Crippen molar-refractivity contribution >= 4 is 24.4 Å². The fourth-order valence-electron chi connectivity index (χ4n) is 0.890. The van der Waals surface area contributed by atoms with Gasteiger partial charge in [0.2, 0.25) is 0 Å². The quantitative estimate of drug-likeness (QED) is 0.490. The van der Waals surface area contributed by atoms with Gasteiger partial charge in [0.05, 0.1) is 0 Å². The molecule has 0 bridgehead atoms. The van der Waals surface area contributed by atoms with Crippen LogP contribution in [0.15, 0.2) is 0 Å². The van der Waals surface area contributed by atoms with Gasteiger partial charge in [-0.25, -0.2) is 0 Å². The standard InChI is InChI=1S/C10H26O3PSi2/c1-15(2,3)9-7-12-14(11)13-8-10-16(4,5)6/h7-10H2,1-6H3/q+1. The van der Waals surface area contributed by atoms with E-state index in [1.165, 1.54) is 0 Å². The van der Waals surface area contributed by atoms with E-state index in [2.05, 4.69) is 39.3 Å². The smallest absolute Gasteiger partial charge is 0.119 e. The van der Waals surface area contributed by atoms with E-state index >= 15 is 0 Å². The van der Waals surface area contributed by atoms with E-state index in [1.54, 1.807) is 0 Å². The van der Waals surface area contributed by atoms with Gasteiger partial charge in [0.15, 0.2) is 0 Å². The Kier molecular flexibility index (Phi) is 7.21. The SMILES string of the molecule is C[Si](C)(C)CCO[P+](=O)OCC[Si](C)(C)C. The zero-order chi connectivity index (χ0) is 12.8. The average molecular weight is 281 g/mol. The van der Waals surface area contributed by atoms with Crippen molar-refractivity contribution in [2.75, 3.05) is 13.2 Å². The van der Waals surface area contributed by atoms with Crippen molar-refractivity contribution in [3.05, 3.63) is 0 Å². The van der Waals surface area contributed by atoms with Gasteiger partial charge in [-0.3, -0.25) is 0 Å². The predicted octanol–water partition coefficient (Wildman–Crippen LogP) is 4.35. The van der Waals surface area contributed by atoms with Crippen LogP contribution < -0.4 is 0 Å². The van der Waals surface area contributed by atoms with Gasteiger partial charge in [0, 0.05) is 20.7 Å². The minimum atomic E-state index is -1.89. The molecular weight excluding hydrogens is 255 g/mol. The maximum absolute atomic E-state index is 11.3. The van der Waals surface area contributed by atoms with E-state index in [9.17, 15) is 4.57 Å². The van der Waals surface area contributed by atoms with Crippen molar-refractivity contribution in [1.82, 2.24) is 0 Å². The van der Waals surface area contributed by atoms with E-state index < -0.39 is 24.4 Å². The summed E-state index contributed by atoms with van der Waals surface area (Å²) in [4.78, 5) is 0. The molecular formula is C10H26O3PSi2+. The Labute approximate surface area is 103 Å². The van der Waals surface area contributed by atoms with E-state index in [4.69, 9.17) is 9.05 Å². The lowest BCUT2D eigenvalue weighted by Gasteiger charge is -2.13. The van der Waals surface area contributed by atoms with Gasteiger partial charge in [0.25, 0.3) is 0 Å². The normalized spacial score (nSPS) is 12.9. The monoisotopic (exact) mass is 281 g/mol. The second kappa shape index (κ2) is 7.01. The fraction of sp³-hybridized carbons (Fsp3) is 1.00. The number of hydrogen-bond acceptors (Lipinski definition) is 3. The molecule has 0 rings (SSSR count). The Hall–Kier alpha value is 0.454. The number of hydrogen-bond donors (Lipinski definition) is 0. The second-order valence-electron chi connectivity index (χ2n) is 6.51. The molecule has 0 saturated heterocycles. The maximum atomic E-state index is 11.3. The van der Waals surface area contributed by atoms with E-state index in [1.807, 2.05) is 0 Å². The molecule has 0 N–H and O–H groups in total. The van der Waals surface area contributed by atoms with E-state index in [0.29, 0.717) is 13.2 Å². The summed E-state index contributed by atoms with van der Waals surface area (Å²) >= 11 is 0. The highest BCUT2D eigenvalue weighted by atomic mass is 31.1. The molecule has 0 aliphatic heterocycles. The first kappa shape index (κ1) is 16.5. The van der Waals surface area contributed by atoms with Crippen molar-refractivity contribution in [3.8, 4) is 0 Å². The largest absolute Gasteiger partial charge is 0.697 e. The number of rotatable bonds is 8. The Morgan fingerprint density at radius 2 is 1.12 bits per heavy atom. The summed E-state index contributed by atoms with van der Waals surface area (Å²) in [7, 11) is -4.07. The summed E-state index contributed by atoms with van der Waals surface area (Å²) in [5.74, 6) is 0. The van der Waals surface area contributed by atoms with Crippen LogP contribution in [0.3, 0.4) is 0 Å². The van der Waals surface area contributed by atoms with Crippen molar-refractivity contribution in [1.29, 1.82) is 0 Å². The molecule has 0 aliphatic rings. The van der Waals surface area contributed by atoms with Gasteiger partial charge >= 0.3 is 8.25 Å². The molecule has 0 aliphatic carbocycles. The highest BCUT2D eigenvalue weighted by Gasteiger charge is 2.24. The summed E-state index contributed by atoms with van der Waals surface area (Å²) < 4.78 is 21.7. The molecule has 0 amide bonds. The molecule has 16 heavy (non-hydrogen) atoms. The van der Waals surface area contributed by atoms with Crippen LogP contribution in [0.2, 0.25) is 51.4 Å². The molecule has 0 saturated carbocycles. The van der Waals surface area contributed by atoms with Gasteiger partial charge in [0.1, 0.15) is 13.2 Å². The van der Waals surface area contributed by atoms with Crippen LogP contribution >= 0.6 is 8.25 Å². The summed E-state index contributed by atoms with van der Waals surface area (Å²) in [5.41, 5.74) is 0. The summed E-state index contributed by atoms with van der Waals surface area (Å²) in [5, 5.41) is 0. The zero-order valence-electron chi connectivity index (χ0n) is 11.5. The van der Waals surface area contributed by atoms with E-state index in [0.717, 1.165) is 12.1 Å². The lowest BCUT2D eigenvalue weighted by atomic mass is 10.9. The average Bonchev–Trinajstić information content (AvgIpc) is 1.98. The molecule has 0 aromatic carbocycles. The van der Waals surface area contributed by atoms with Crippen molar-refractivity contribution in [3.63, 3.8) is 0 Å². The van der Waals surface area contributed by atoms with Crippen LogP contribution in [-0.4, -0.2) is 29.4 Å². The molecule has 3 nitrogen and oxygen atoms in total. The molecule has 0 aromatic rings. The van der Waals surface area contributed by atoms with Gasteiger partial charge < -0.3 is 0 Å². The Bertz CT molecular complexity index is 199. The van der Waals surface area contributed by atoms with Crippen LogP contribution in [0.25, 0.3) is 0 Å². The van der Waals surface area contributed by atoms with Crippen LogP contribution in [0.4, 0.5) is 0 Å². The van der Waals surface area contributed by atoms with Crippen LogP contribution in [0.5, 0.6) is 0 Å². The van der Waals surface area contributed by atoms with Crippen LogP contribution in [0.1, 0.15) is 0 Å². The van der Waals surface area contributed by atoms with Crippen LogP contribution in [-0.2, 0) is 13.6 Å². The molecule has 0 heterocycles. The predicted molar refractivity (Wildman–Crippen MR) is 75.8 cm³/mol. The zero-order valence-corrected chi connectivity index (χ0v) is 14.4. The highest BCUT2D eigenvalue weighted by molar-refractivity contribution is 7.33. The fourth-order valence-corrected chi connectivity index (χ4v) is 3.22. The Morgan fingerprint density at radius 1 is 0.812 bits per heavy atom. The third-order valence-corrected chi connectivity index (χ3v) is 6.29. The first-order valence-electron chi connectivity index (χ1n) is 5.83. The van der Waals surface area contributed by atoms with E-state index in [-0.39, 0.29) is 0 Å². The molecule has 0 atom stereocenters. The van der Waals surface area contributed by atoms with Gasteiger partial charge in [-0.1, -0.05) is 39.3 Å². The third kappa shape index (κ3) is 12.5. The van der Waals surface area contributed by atoms with Crippen molar-refractivity contribution in [2.45, 2.75) is 51.4 Å². The molecule has 96 valence electrons. The first-order valence-corrected chi connectivity index (χ1v) is 14.3. The Balaban J connectivity index is 3.53. The van der Waals surface area contributed by atoms with Crippen LogP contribution in [0, 0.1) is 0 Å². The van der Waals surface area contributed by atoms with Gasteiger partial charge in [-0.2, -0.15) is 0 Å².